The van der Waals surface area contributed by atoms with Crippen LogP contribution < -0.4 is 16.2 Å². The van der Waals surface area contributed by atoms with Gasteiger partial charge in [0.05, 0.1) is 19.9 Å². The van der Waals surface area contributed by atoms with Gasteiger partial charge < -0.3 is 20.3 Å². The van der Waals surface area contributed by atoms with E-state index in [0.29, 0.717) is 5.75 Å². The molecule has 1 aromatic heterocycles. The molecular formula is C17H16FN3O5. The van der Waals surface area contributed by atoms with E-state index in [-0.39, 0.29) is 5.56 Å². The molecule has 0 saturated heterocycles. The lowest BCUT2D eigenvalue weighted by atomic mass is 10.00. The Balaban J connectivity index is 2.14. The summed E-state index contributed by atoms with van der Waals surface area (Å²) in [6.07, 6.45) is 2.63. The standard InChI is InChI=1S/C17H16FN3O5/c1-25-11-4-2-10(3-5-11)14(23)17(7-6-12(9-22)26-17)21-8-13(18)15(19)20-16(21)24/h2-8,12,22H,9H2,1H3,(H2,19,20,24)/t12-,17-/m0/s1. The second-order valence-electron chi connectivity index (χ2n) is 5.58. The number of carbonyl (C=O) groups excluding carboxylic acids is 1. The van der Waals surface area contributed by atoms with Crippen molar-refractivity contribution in [2.45, 2.75) is 11.8 Å². The zero-order valence-corrected chi connectivity index (χ0v) is 13.8. The van der Waals surface area contributed by atoms with Crippen LogP contribution in [0.2, 0.25) is 0 Å². The van der Waals surface area contributed by atoms with Gasteiger partial charge in [-0.25, -0.2) is 9.18 Å². The molecule has 2 aromatic rings. The number of aliphatic hydroxyl groups is 1. The Morgan fingerprint density at radius 3 is 2.73 bits per heavy atom. The molecular weight excluding hydrogens is 345 g/mol. The molecule has 1 aliphatic heterocycles. The second kappa shape index (κ2) is 6.70. The van der Waals surface area contributed by atoms with E-state index in [1.165, 1.54) is 31.4 Å². The van der Waals surface area contributed by atoms with Crippen LogP contribution in [-0.2, 0) is 10.5 Å². The molecule has 2 atom stereocenters. The van der Waals surface area contributed by atoms with Gasteiger partial charge in [-0.1, -0.05) is 6.08 Å². The number of Topliss-reactive ketones (excluding diaryl/α,β-unsaturated/α-hetero) is 1. The van der Waals surface area contributed by atoms with Crippen molar-refractivity contribution in [2.24, 2.45) is 0 Å². The highest BCUT2D eigenvalue weighted by Crippen LogP contribution is 2.32. The fraction of sp³-hybridized carbons (Fsp3) is 0.235. The second-order valence-corrected chi connectivity index (χ2v) is 5.58. The molecule has 1 aliphatic rings. The van der Waals surface area contributed by atoms with Crippen molar-refractivity contribution in [3.05, 3.63) is 64.5 Å². The lowest BCUT2D eigenvalue weighted by molar-refractivity contribution is -0.0708. The lowest BCUT2D eigenvalue weighted by Gasteiger charge is -2.29. The Labute approximate surface area is 147 Å². The summed E-state index contributed by atoms with van der Waals surface area (Å²) in [6.45, 7) is -0.423. The van der Waals surface area contributed by atoms with Crippen LogP contribution in [0.25, 0.3) is 0 Å². The number of ketones is 1. The summed E-state index contributed by atoms with van der Waals surface area (Å²) in [5.41, 5.74) is 2.55. The highest BCUT2D eigenvalue weighted by atomic mass is 19.1. The maximum absolute atomic E-state index is 13.9. The molecule has 3 N–H and O–H groups in total. The molecule has 0 bridgehead atoms. The number of carbonyl (C=O) groups is 1. The summed E-state index contributed by atoms with van der Waals surface area (Å²) in [7, 11) is 1.48. The van der Waals surface area contributed by atoms with Crippen LogP contribution in [0.3, 0.4) is 0 Å². The Morgan fingerprint density at radius 1 is 1.46 bits per heavy atom. The van der Waals surface area contributed by atoms with Crippen LogP contribution >= 0.6 is 0 Å². The van der Waals surface area contributed by atoms with E-state index in [1.807, 2.05) is 0 Å². The van der Waals surface area contributed by atoms with Crippen LogP contribution in [0.15, 0.2) is 47.4 Å². The summed E-state index contributed by atoms with van der Waals surface area (Å²) < 4.78 is 25.3. The number of halogens is 1. The number of ether oxygens (including phenoxy) is 2. The molecule has 9 heteroatoms. The quantitative estimate of drug-likeness (QED) is 0.587. The van der Waals surface area contributed by atoms with E-state index < -0.39 is 41.5 Å². The van der Waals surface area contributed by atoms with E-state index >= 15 is 0 Å². The number of nitrogen functional groups attached to an aromatic ring is 1. The van der Waals surface area contributed by atoms with Crippen molar-refractivity contribution in [2.75, 3.05) is 19.5 Å². The van der Waals surface area contributed by atoms with Gasteiger partial charge in [-0.3, -0.25) is 9.36 Å². The monoisotopic (exact) mass is 361 g/mol. The molecule has 0 amide bonds. The highest BCUT2D eigenvalue weighted by Gasteiger charge is 2.46. The Morgan fingerprint density at radius 2 is 2.15 bits per heavy atom. The largest absolute Gasteiger partial charge is 0.497 e. The number of hydrogen-bond donors (Lipinski definition) is 2. The first-order valence-electron chi connectivity index (χ1n) is 7.63. The third-order valence-electron chi connectivity index (χ3n) is 3.99. The number of methoxy groups -OCH3 is 1. The number of rotatable bonds is 5. The first-order chi connectivity index (χ1) is 12.4. The number of nitrogens with zero attached hydrogens (tertiary/aromatic N) is 2. The fourth-order valence-corrected chi connectivity index (χ4v) is 2.65. The van der Waals surface area contributed by atoms with Crippen LogP contribution in [-0.4, -0.2) is 40.3 Å². The van der Waals surface area contributed by atoms with Gasteiger partial charge in [-0.05, 0) is 30.3 Å². The van der Waals surface area contributed by atoms with Crippen LogP contribution in [0.5, 0.6) is 5.75 Å². The lowest BCUT2D eigenvalue weighted by Crippen LogP contribution is -2.48. The van der Waals surface area contributed by atoms with E-state index in [4.69, 9.17) is 15.2 Å². The number of nitrogens with two attached hydrogens (primary N) is 1. The first kappa shape index (κ1) is 17.8. The molecule has 26 heavy (non-hydrogen) atoms. The average Bonchev–Trinajstić information content (AvgIpc) is 3.09. The molecule has 0 spiro atoms. The molecule has 0 radical (unpaired) electrons. The molecule has 0 fully saturated rings. The van der Waals surface area contributed by atoms with E-state index in [0.717, 1.165) is 10.8 Å². The predicted octanol–water partition coefficient (Wildman–Crippen LogP) is 0.456. The minimum atomic E-state index is -1.99. The Bertz CT molecular complexity index is 925. The first-order valence-corrected chi connectivity index (χ1v) is 7.63. The Hall–Kier alpha value is -3.04. The van der Waals surface area contributed by atoms with Gasteiger partial charge in [0, 0.05) is 5.56 Å². The van der Waals surface area contributed by atoms with E-state index in [9.17, 15) is 19.1 Å². The predicted molar refractivity (Wildman–Crippen MR) is 89.3 cm³/mol. The van der Waals surface area contributed by atoms with Gasteiger partial charge in [-0.2, -0.15) is 4.98 Å². The van der Waals surface area contributed by atoms with Crippen molar-refractivity contribution in [1.82, 2.24) is 9.55 Å². The summed E-state index contributed by atoms with van der Waals surface area (Å²) in [6, 6.07) is 6.10. The van der Waals surface area contributed by atoms with E-state index in [1.54, 1.807) is 12.1 Å². The van der Waals surface area contributed by atoms with Crippen molar-refractivity contribution in [3.8, 4) is 5.75 Å². The zero-order valence-electron chi connectivity index (χ0n) is 13.8. The number of aliphatic hydroxyl groups excluding tert-OH is 1. The van der Waals surface area contributed by atoms with E-state index in [2.05, 4.69) is 4.98 Å². The van der Waals surface area contributed by atoms with Gasteiger partial charge in [-0.15, -0.1) is 0 Å². The smallest absolute Gasteiger partial charge is 0.352 e. The van der Waals surface area contributed by atoms with Crippen molar-refractivity contribution >= 4 is 11.6 Å². The zero-order chi connectivity index (χ0) is 18.9. The minimum Gasteiger partial charge on any atom is -0.497 e. The maximum Gasteiger partial charge on any atom is 0.352 e. The number of benzene rings is 1. The molecule has 0 aliphatic carbocycles. The van der Waals surface area contributed by atoms with Crippen LogP contribution in [0.4, 0.5) is 10.2 Å². The molecule has 2 heterocycles. The normalized spacial score (nSPS) is 21.7. The summed E-state index contributed by atoms with van der Waals surface area (Å²) >= 11 is 0. The number of hydrogen-bond acceptors (Lipinski definition) is 7. The summed E-state index contributed by atoms with van der Waals surface area (Å²) in [5, 5.41) is 9.33. The summed E-state index contributed by atoms with van der Waals surface area (Å²) in [5.74, 6) is -1.67. The number of aromatic nitrogens is 2. The van der Waals surface area contributed by atoms with Gasteiger partial charge in [0.25, 0.3) is 0 Å². The fourth-order valence-electron chi connectivity index (χ4n) is 2.65. The van der Waals surface area contributed by atoms with Crippen LogP contribution in [0, 0.1) is 5.82 Å². The molecule has 3 rings (SSSR count). The van der Waals surface area contributed by atoms with Crippen LogP contribution in [0.1, 0.15) is 10.4 Å². The number of anilines is 1. The Kier molecular flexibility index (Phi) is 4.58. The minimum absolute atomic E-state index is 0.193. The molecule has 0 unspecified atom stereocenters. The molecule has 8 nitrogen and oxygen atoms in total. The van der Waals surface area contributed by atoms with Crippen molar-refractivity contribution in [1.29, 1.82) is 0 Å². The van der Waals surface area contributed by atoms with Gasteiger partial charge in [0.15, 0.2) is 11.6 Å². The molecule has 0 saturated carbocycles. The van der Waals surface area contributed by atoms with Crippen molar-refractivity contribution in [3.63, 3.8) is 0 Å². The van der Waals surface area contributed by atoms with Gasteiger partial charge >= 0.3 is 5.69 Å². The SMILES string of the molecule is COc1ccc(C(=O)[C@]2(n3cc(F)c(N)nc3=O)C=C[C@@H](CO)O2)cc1. The summed E-state index contributed by atoms with van der Waals surface area (Å²) in [4.78, 5) is 28.8. The van der Waals surface area contributed by atoms with Gasteiger partial charge in [0.2, 0.25) is 11.5 Å². The highest BCUT2D eigenvalue weighted by molar-refractivity contribution is 6.02. The average molecular weight is 361 g/mol. The molecule has 136 valence electrons. The maximum atomic E-state index is 13.9. The third-order valence-corrected chi connectivity index (χ3v) is 3.99. The third kappa shape index (κ3) is 2.87. The van der Waals surface area contributed by atoms with Gasteiger partial charge in [0.1, 0.15) is 11.9 Å². The topological polar surface area (TPSA) is 117 Å². The molecule has 1 aromatic carbocycles. The van der Waals surface area contributed by atoms with Crippen molar-refractivity contribution < 1.29 is 23.8 Å².